The first-order chi connectivity index (χ1) is 6.95. The Labute approximate surface area is 95.4 Å². The molecule has 0 aliphatic carbocycles. The van der Waals surface area contributed by atoms with Gasteiger partial charge in [-0.3, -0.25) is 0 Å². The SMILES string of the molecule is CNCCc1ccc(S(C)(=O)=O)c(Cl)c1. The quantitative estimate of drug-likeness (QED) is 0.877. The largest absolute Gasteiger partial charge is 0.319 e. The highest BCUT2D eigenvalue weighted by Gasteiger charge is 2.11. The average molecular weight is 248 g/mol. The number of hydrogen-bond donors (Lipinski definition) is 1. The van der Waals surface area contributed by atoms with Crippen molar-refractivity contribution in [2.24, 2.45) is 0 Å². The van der Waals surface area contributed by atoms with E-state index < -0.39 is 9.84 Å². The maximum atomic E-state index is 11.3. The normalized spacial score (nSPS) is 11.7. The van der Waals surface area contributed by atoms with E-state index in [4.69, 9.17) is 11.6 Å². The van der Waals surface area contributed by atoms with E-state index in [1.165, 1.54) is 0 Å². The topological polar surface area (TPSA) is 46.2 Å². The second-order valence-corrected chi connectivity index (χ2v) is 5.78. The Hall–Kier alpha value is -0.580. The van der Waals surface area contributed by atoms with Crippen LogP contribution >= 0.6 is 11.6 Å². The van der Waals surface area contributed by atoms with E-state index in [2.05, 4.69) is 5.32 Å². The van der Waals surface area contributed by atoms with Gasteiger partial charge in [-0.25, -0.2) is 8.42 Å². The van der Waals surface area contributed by atoms with Gasteiger partial charge in [0.05, 0.1) is 9.92 Å². The van der Waals surface area contributed by atoms with Gasteiger partial charge in [-0.1, -0.05) is 17.7 Å². The zero-order chi connectivity index (χ0) is 11.5. The van der Waals surface area contributed by atoms with Gasteiger partial charge in [0.25, 0.3) is 0 Å². The van der Waals surface area contributed by atoms with Gasteiger partial charge >= 0.3 is 0 Å². The number of benzene rings is 1. The monoisotopic (exact) mass is 247 g/mol. The molecule has 0 unspecified atom stereocenters. The predicted molar refractivity (Wildman–Crippen MR) is 62.2 cm³/mol. The second-order valence-electron chi connectivity index (χ2n) is 3.39. The molecule has 0 aliphatic rings. The van der Waals surface area contributed by atoms with Crippen molar-refractivity contribution >= 4 is 21.4 Å². The van der Waals surface area contributed by atoms with Gasteiger partial charge < -0.3 is 5.32 Å². The Bertz CT molecular complexity index is 443. The summed E-state index contributed by atoms with van der Waals surface area (Å²) >= 11 is 5.89. The molecular formula is C10H14ClNO2S. The molecule has 0 atom stereocenters. The molecule has 0 fully saturated rings. The molecule has 0 aliphatic heterocycles. The van der Waals surface area contributed by atoms with Crippen molar-refractivity contribution in [3.8, 4) is 0 Å². The number of sulfone groups is 1. The fourth-order valence-electron chi connectivity index (χ4n) is 1.27. The van der Waals surface area contributed by atoms with Gasteiger partial charge in [-0.2, -0.15) is 0 Å². The van der Waals surface area contributed by atoms with E-state index >= 15 is 0 Å². The lowest BCUT2D eigenvalue weighted by Gasteiger charge is -2.05. The number of hydrogen-bond acceptors (Lipinski definition) is 3. The molecule has 0 amide bonds. The molecule has 0 radical (unpaired) electrons. The maximum Gasteiger partial charge on any atom is 0.176 e. The molecule has 1 aromatic rings. The summed E-state index contributed by atoms with van der Waals surface area (Å²) in [6.45, 7) is 0.842. The van der Waals surface area contributed by atoms with Crippen LogP contribution in [0.2, 0.25) is 5.02 Å². The first kappa shape index (κ1) is 12.5. The van der Waals surface area contributed by atoms with Gasteiger partial charge in [0.2, 0.25) is 0 Å². The highest BCUT2D eigenvalue weighted by atomic mass is 35.5. The minimum atomic E-state index is -3.22. The van der Waals surface area contributed by atoms with Gasteiger partial charge in [-0.15, -0.1) is 0 Å². The van der Waals surface area contributed by atoms with Crippen LogP contribution in [0.4, 0.5) is 0 Å². The lowest BCUT2D eigenvalue weighted by Crippen LogP contribution is -2.10. The summed E-state index contributed by atoms with van der Waals surface area (Å²) in [6, 6.07) is 5.05. The lowest BCUT2D eigenvalue weighted by atomic mass is 10.1. The van der Waals surface area contributed by atoms with Crippen molar-refractivity contribution < 1.29 is 8.42 Å². The molecule has 0 heterocycles. The van der Waals surface area contributed by atoms with E-state index in [1.807, 2.05) is 7.05 Å². The summed E-state index contributed by atoms with van der Waals surface area (Å²) in [5.41, 5.74) is 1.03. The minimum absolute atomic E-state index is 0.192. The Kier molecular flexibility index (Phi) is 4.13. The Morgan fingerprint density at radius 3 is 2.53 bits per heavy atom. The summed E-state index contributed by atoms with van der Waals surface area (Å²) in [6.07, 6.45) is 1.99. The number of rotatable bonds is 4. The molecule has 0 saturated carbocycles. The van der Waals surface area contributed by atoms with Crippen molar-refractivity contribution in [1.29, 1.82) is 0 Å². The molecule has 0 spiro atoms. The summed E-state index contributed by atoms with van der Waals surface area (Å²) in [4.78, 5) is 0.192. The highest BCUT2D eigenvalue weighted by Crippen LogP contribution is 2.22. The molecule has 3 nitrogen and oxygen atoms in total. The van der Waals surface area contributed by atoms with Gasteiger partial charge in [0, 0.05) is 6.26 Å². The first-order valence-corrected chi connectivity index (χ1v) is 6.85. The lowest BCUT2D eigenvalue weighted by molar-refractivity contribution is 0.602. The third-order valence-electron chi connectivity index (χ3n) is 2.06. The molecule has 1 rings (SSSR count). The molecule has 15 heavy (non-hydrogen) atoms. The summed E-state index contributed by atoms with van der Waals surface area (Å²) < 4.78 is 22.6. The van der Waals surface area contributed by atoms with Crippen LogP contribution in [-0.2, 0) is 16.3 Å². The number of halogens is 1. The van der Waals surface area contributed by atoms with Crippen molar-refractivity contribution in [3.63, 3.8) is 0 Å². The van der Waals surface area contributed by atoms with Crippen LogP contribution in [0, 0.1) is 0 Å². The first-order valence-electron chi connectivity index (χ1n) is 4.58. The number of nitrogens with one attached hydrogen (secondary N) is 1. The van der Waals surface area contributed by atoms with Crippen molar-refractivity contribution in [3.05, 3.63) is 28.8 Å². The van der Waals surface area contributed by atoms with Crippen LogP contribution in [0.15, 0.2) is 23.1 Å². The highest BCUT2D eigenvalue weighted by molar-refractivity contribution is 7.90. The van der Waals surface area contributed by atoms with Crippen LogP contribution in [0.5, 0.6) is 0 Å². The van der Waals surface area contributed by atoms with Crippen molar-refractivity contribution in [1.82, 2.24) is 5.32 Å². The molecule has 1 aromatic carbocycles. The molecule has 1 N–H and O–H groups in total. The standard InChI is InChI=1S/C10H14ClNO2S/c1-12-6-5-8-3-4-10(9(11)7-8)15(2,13)14/h3-4,7,12H,5-6H2,1-2H3. The third kappa shape index (κ3) is 3.48. The minimum Gasteiger partial charge on any atom is -0.319 e. The summed E-state index contributed by atoms with van der Waals surface area (Å²) in [5, 5.41) is 3.32. The van der Waals surface area contributed by atoms with E-state index in [-0.39, 0.29) is 4.90 Å². The molecule has 0 saturated heterocycles. The Balaban J connectivity index is 2.99. The van der Waals surface area contributed by atoms with Gasteiger partial charge in [0.1, 0.15) is 0 Å². The Morgan fingerprint density at radius 2 is 2.07 bits per heavy atom. The predicted octanol–water partition coefficient (Wildman–Crippen LogP) is 1.51. The Morgan fingerprint density at radius 1 is 1.40 bits per heavy atom. The van der Waals surface area contributed by atoms with Crippen LogP contribution in [0.1, 0.15) is 5.56 Å². The van der Waals surface area contributed by atoms with Crippen molar-refractivity contribution in [2.45, 2.75) is 11.3 Å². The molecule has 0 aromatic heterocycles. The van der Waals surface area contributed by atoms with Gasteiger partial charge in [-0.05, 0) is 37.7 Å². The number of likely N-dealkylation sites (N-methyl/N-ethyl adjacent to an activating group) is 1. The summed E-state index contributed by atoms with van der Waals surface area (Å²) in [7, 11) is -1.35. The van der Waals surface area contributed by atoms with Crippen LogP contribution in [0.3, 0.4) is 0 Å². The molecule has 5 heteroatoms. The third-order valence-corrected chi connectivity index (χ3v) is 3.64. The molecular weight excluding hydrogens is 234 g/mol. The molecule has 0 bridgehead atoms. The van der Waals surface area contributed by atoms with Crippen LogP contribution in [0.25, 0.3) is 0 Å². The second kappa shape index (κ2) is 4.96. The van der Waals surface area contributed by atoms with Crippen LogP contribution < -0.4 is 5.32 Å². The van der Waals surface area contributed by atoms with E-state index in [9.17, 15) is 8.42 Å². The zero-order valence-corrected chi connectivity index (χ0v) is 10.3. The fourth-order valence-corrected chi connectivity index (χ4v) is 2.62. The fraction of sp³-hybridized carbons (Fsp3) is 0.400. The summed E-state index contributed by atoms with van der Waals surface area (Å²) in [5.74, 6) is 0. The molecule has 84 valence electrons. The van der Waals surface area contributed by atoms with E-state index in [1.54, 1.807) is 18.2 Å². The van der Waals surface area contributed by atoms with Gasteiger partial charge in [0.15, 0.2) is 9.84 Å². The van der Waals surface area contributed by atoms with Crippen LogP contribution in [-0.4, -0.2) is 28.3 Å². The van der Waals surface area contributed by atoms with E-state index in [0.29, 0.717) is 5.02 Å². The van der Waals surface area contributed by atoms with Crippen molar-refractivity contribution in [2.75, 3.05) is 19.8 Å². The average Bonchev–Trinajstić information content (AvgIpc) is 2.12. The smallest absolute Gasteiger partial charge is 0.176 e. The maximum absolute atomic E-state index is 11.3. The van der Waals surface area contributed by atoms with E-state index in [0.717, 1.165) is 24.8 Å². The zero-order valence-electron chi connectivity index (χ0n) is 8.75.